The molecule has 3 aromatic heterocycles. The highest BCUT2D eigenvalue weighted by atomic mass is 32.1. The molecule has 12 rings (SSSR count). The van der Waals surface area contributed by atoms with Crippen LogP contribution in [0.2, 0.25) is 0 Å². The Balaban J connectivity index is 1.07. The molecule has 0 aliphatic rings. The van der Waals surface area contributed by atoms with Crippen molar-refractivity contribution >= 4 is 103 Å². The Kier molecular flexibility index (Phi) is 6.80. The summed E-state index contributed by atoms with van der Waals surface area (Å²) in [7, 11) is 0. The highest BCUT2D eigenvalue weighted by Crippen LogP contribution is 2.49. The van der Waals surface area contributed by atoms with Crippen LogP contribution in [0.5, 0.6) is 0 Å². The SMILES string of the molecule is c1ccc(N(c2ccc(-c3ccc4oc5ccccc5c4c3)cc2)c2cccc3c2sc2ccccc23)c(-c2cccc3oc4cc5ccccc5cc4c23)c1. The predicted octanol–water partition coefficient (Wildman–Crippen LogP) is 15.8. The number of nitrogens with zero attached hydrogens (tertiary/aromatic N) is 1. The lowest BCUT2D eigenvalue weighted by Gasteiger charge is -2.28. The number of para-hydroxylation sites is 2. The molecule has 0 aliphatic heterocycles. The zero-order chi connectivity index (χ0) is 36.7. The Morgan fingerprint density at radius 2 is 1.02 bits per heavy atom. The van der Waals surface area contributed by atoms with E-state index in [4.69, 9.17) is 8.83 Å². The van der Waals surface area contributed by atoms with Gasteiger partial charge in [-0.3, -0.25) is 0 Å². The highest BCUT2D eigenvalue weighted by Gasteiger charge is 2.23. The minimum atomic E-state index is 0.882. The van der Waals surface area contributed by atoms with Gasteiger partial charge in [-0.15, -0.1) is 11.3 Å². The summed E-state index contributed by atoms with van der Waals surface area (Å²) in [4.78, 5) is 2.44. The molecule has 0 saturated heterocycles. The quantitative estimate of drug-likeness (QED) is 0.176. The third kappa shape index (κ3) is 4.76. The second-order valence-corrected chi connectivity index (χ2v) is 15.5. The number of fused-ring (bicyclic) bond motifs is 10. The fourth-order valence-electron chi connectivity index (χ4n) is 8.66. The maximum absolute atomic E-state index is 6.57. The van der Waals surface area contributed by atoms with Crippen LogP contribution < -0.4 is 4.90 Å². The van der Waals surface area contributed by atoms with E-state index >= 15 is 0 Å². The molecule has 0 unspecified atom stereocenters. The van der Waals surface area contributed by atoms with Crippen LogP contribution in [0.1, 0.15) is 0 Å². The van der Waals surface area contributed by atoms with E-state index in [0.29, 0.717) is 0 Å². The van der Waals surface area contributed by atoms with Gasteiger partial charge in [0.15, 0.2) is 0 Å². The van der Waals surface area contributed by atoms with Crippen molar-refractivity contribution in [3.63, 3.8) is 0 Å². The molecular weight excluding hydrogens is 703 g/mol. The molecule has 0 saturated carbocycles. The fraction of sp³-hybridized carbons (Fsp3) is 0. The molecule has 56 heavy (non-hydrogen) atoms. The van der Waals surface area contributed by atoms with E-state index in [-0.39, 0.29) is 0 Å². The second-order valence-electron chi connectivity index (χ2n) is 14.4. The molecule has 0 bridgehead atoms. The molecule has 262 valence electrons. The molecule has 0 fully saturated rings. The van der Waals surface area contributed by atoms with Crippen molar-refractivity contribution in [2.24, 2.45) is 0 Å². The van der Waals surface area contributed by atoms with Gasteiger partial charge in [-0.2, -0.15) is 0 Å². The summed E-state index contributed by atoms with van der Waals surface area (Å²) in [5.41, 5.74) is 11.5. The van der Waals surface area contributed by atoms with Crippen LogP contribution in [-0.4, -0.2) is 0 Å². The van der Waals surface area contributed by atoms with Crippen LogP contribution in [-0.2, 0) is 0 Å². The topological polar surface area (TPSA) is 29.5 Å². The first-order valence-electron chi connectivity index (χ1n) is 18.9. The van der Waals surface area contributed by atoms with Crippen molar-refractivity contribution in [1.82, 2.24) is 0 Å². The van der Waals surface area contributed by atoms with Crippen LogP contribution in [0.3, 0.4) is 0 Å². The normalized spacial score (nSPS) is 11.9. The summed E-state index contributed by atoms with van der Waals surface area (Å²) in [5, 5.41) is 9.41. The number of hydrogen-bond donors (Lipinski definition) is 0. The van der Waals surface area contributed by atoms with E-state index in [9.17, 15) is 0 Å². The van der Waals surface area contributed by atoms with Gasteiger partial charge in [0.2, 0.25) is 0 Å². The molecule has 3 nitrogen and oxygen atoms in total. The second kappa shape index (κ2) is 12.2. The van der Waals surface area contributed by atoms with E-state index in [1.807, 2.05) is 23.5 Å². The number of benzene rings is 9. The Bertz CT molecular complexity index is 3500. The molecule has 0 atom stereocenters. The van der Waals surface area contributed by atoms with Crippen LogP contribution in [0.15, 0.2) is 197 Å². The van der Waals surface area contributed by atoms with Crippen molar-refractivity contribution in [2.45, 2.75) is 0 Å². The molecule has 9 aromatic carbocycles. The van der Waals surface area contributed by atoms with Crippen molar-refractivity contribution in [3.05, 3.63) is 188 Å². The first-order valence-corrected chi connectivity index (χ1v) is 19.7. The predicted molar refractivity (Wildman–Crippen MR) is 237 cm³/mol. The molecular formula is C52H31NO2S. The molecule has 12 aromatic rings. The Morgan fingerprint density at radius 1 is 0.375 bits per heavy atom. The van der Waals surface area contributed by atoms with Crippen molar-refractivity contribution in [1.29, 1.82) is 0 Å². The summed E-state index contributed by atoms with van der Waals surface area (Å²) in [5.74, 6) is 0. The fourth-order valence-corrected chi connectivity index (χ4v) is 9.86. The standard InChI is InChI=1S/C52H31NO2S/c1-2-12-34-31-49-43(30-33(34)11-1)51-40(16-10-21-48(51)55-49)37-13-3-6-18-44(37)53(45-19-9-17-41-39-15-5-8-22-50(39)56-52(41)45)36-26-23-32(24-27-36)35-25-28-47-42(29-35)38-14-4-7-20-46(38)54-47/h1-31H. The van der Waals surface area contributed by atoms with Crippen molar-refractivity contribution < 1.29 is 8.83 Å². The molecule has 0 radical (unpaired) electrons. The van der Waals surface area contributed by atoms with Crippen LogP contribution in [0.4, 0.5) is 17.1 Å². The zero-order valence-corrected chi connectivity index (χ0v) is 30.9. The molecule has 0 N–H and O–H groups in total. The van der Waals surface area contributed by atoms with Gasteiger partial charge in [0.25, 0.3) is 0 Å². The maximum atomic E-state index is 6.57. The van der Waals surface area contributed by atoms with Crippen LogP contribution >= 0.6 is 11.3 Å². The smallest absolute Gasteiger partial charge is 0.136 e. The average Bonchev–Trinajstić information content (AvgIpc) is 3.94. The number of hydrogen-bond acceptors (Lipinski definition) is 4. The van der Waals surface area contributed by atoms with E-state index in [1.165, 1.54) is 30.9 Å². The van der Waals surface area contributed by atoms with Crippen LogP contribution in [0, 0.1) is 0 Å². The molecule has 0 aliphatic carbocycles. The maximum Gasteiger partial charge on any atom is 0.136 e. The highest BCUT2D eigenvalue weighted by molar-refractivity contribution is 7.26. The lowest BCUT2D eigenvalue weighted by molar-refractivity contribution is 0.669. The van der Waals surface area contributed by atoms with Gasteiger partial charge >= 0.3 is 0 Å². The van der Waals surface area contributed by atoms with Crippen LogP contribution in [0.25, 0.3) is 97.1 Å². The minimum Gasteiger partial charge on any atom is -0.456 e. The van der Waals surface area contributed by atoms with Gasteiger partial charge in [0.1, 0.15) is 22.3 Å². The summed E-state index contributed by atoms with van der Waals surface area (Å²) >= 11 is 1.85. The van der Waals surface area contributed by atoms with E-state index in [1.54, 1.807) is 0 Å². The average molecular weight is 734 g/mol. The number of furan rings is 2. The molecule has 0 amide bonds. The largest absolute Gasteiger partial charge is 0.456 e. The number of anilines is 3. The minimum absolute atomic E-state index is 0.882. The summed E-state index contributed by atoms with van der Waals surface area (Å²) in [6, 6.07) is 67.4. The first-order chi connectivity index (χ1) is 27.7. The lowest BCUT2D eigenvalue weighted by atomic mass is 9.96. The third-order valence-corrected chi connectivity index (χ3v) is 12.5. The summed E-state index contributed by atoms with van der Waals surface area (Å²) in [6.07, 6.45) is 0. The van der Waals surface area contributed by atoms with Gasteiger partial charge in [-0.1, -0.05) is 121 Å². The van der Waals surface area contributed by atoms with Gasteiger partial charge in [-0.25, -0.2) is 0 Å². The third-order valence-electron chi connectivity index (χ3n) is 11.3. The van der Waals surface area contributed by atoms with E-state index in [2.05, 4.69) is 181 Å². The molecule has 3 heterocycles. The monoisotopic (exact) mass is 733 g/mol. The zero-order valence-electron chi connectivity index (χ0n) is 30.1. The van der Waals surface area contributed by atoms with E-state index < -0.39 is 0 Å². The number of thiophene rings is 1. The lowest BCUT2D eigenvalue weighted by Crippen LogP contribution is -2.11. The van der Waals surface area contributed by atoms with Gasteiger partial charge in [-0.05, 0) is 94.2 Å². The Labute approximate surface area is 325 Å². The van der Waals surface area contributed by atoms with Crippen molar-refractivity contribution in [2.75, 3.05) is 4.90 Å². The van der Waals surface area contributed by atoms with Crippen molar-refractivity contribution in [3.8, 4) is 22.3 Å². The first kappa shape index (κ1) is 31.2. The van der Waals surface area contributed by atoms with E-state index in [0.717, 1.165) is 83.2 Å². The summed E-state index contributed by atoms with van der Waals surface area (Å²) < 4.78 is 15.2. The molecule has 0 spiro atoms. The van der Waals surface area contributed by atoms with Gasteiger partial charge in [0, 0.05) is 48.3 Å². The van der Waals surface area contributed by atoms with Gasteiger partial charge < -0.3 is 13.7 Å². The van der Waals surface area contributed by atoms with Gasteiger partial charge in [0.05, 0.1) is 16.1 Å². The Hall–Kier alpha value is -7.14. The Morgan fingerprint density at radius 3 is 1.93 bits per heavy atom. The molecule has 4 heteroatoms. The number of rotatable bonds is 5. The summed E-state index contributed by atoms with van der Waals surface area (Å²) in [6.45, 7) is 0.